The Morgan fingerprint density at radius 2 is 1.92 bits per heavy atom. The van der Waals surface area contributed by atoms with Crippen molar-refractivity contribution in [1.82, 2.24) is 26.4 Å². The minimum atomic E-state index is -0.217. The summed E-state index contributed by atoms with van der Waals surface area (Å²) in [6.07, 6.45) is 3.68. The van der Waals surface area contributed by atoms with Gasteiger partial charge in [-0.1, -0.05) is 36.8 Å². The number of amides is 3. The number of hydrazine groups is 1. The molecule has 136 valence electrons. The third-order valence-electron chi connectivity index (χ3n) is 4.74. The molecule has 25 heavy (non-hydrogen) atoms. The standard InChI is InChI=1S/C18H27N5O2/c24-17-9-5-2-6-10-23(17)13-16(14-7-3-1-4-8-14)22-18(25)21-15-11-19-20-12-15/h1,3-4,7-8,15-16,19-20H,2,5-6,9-13H2,(H2,21,22,25). The van der Waals surface area contributed by atoms with E-state index < -0.39 is 0 Å². The molecule has 2 heterocycles. The first kappa shape index (κ1) is 17.7. The first-order valence-electron chi connectivity index (χ1n) is 9.08. The predicted molar refractivity (Wildman–Crippen MR) is 95.7 cm³/mol. The lowest BCUT2D eigenvalue weighted by molar-refractivity contribution is -0.131. The van der Waals surface area contributed by atoms with Crippen molar-refractivity contribution in [2.45, 2.75) is 37.8 Å². The maximum Gasteiger partial charge on any atom is 0.315 e. The molecule has 2 saturated heterocycles. The van der Waals surface area contributed by atoms with Crippen molar-refractivity contribution in [2.75, 3.05) is 26.2 Å². The number of carbonyl (C=O) groups excluding carboxylic acids is 2. The fourth-order valence-corrected chi connectivity index (χ4v) is 3.32. The Kier molecular flexibility index (Phi) is 6.25. The van der Waals surface area contributed by atoms with E-state index in [0.717, 1.165) is 31.4 Å². The van der Waals surface area contributed by atoms with E-state index in [1.165, 1.54) is 0 Å². The highest BCUT2D eigenvalue weighted by atomic mass is 16.2. The van der Waals surface area contributed by atoms with Gasteiger partial charge in [-0.05, 0) is 18.4 Å². The molecule has 2 fully saturated rings. The van der Waals surface area contributed by atoms with Crippen LogP contribution in [-0.4, -0.2) is 49.1 Å². The zero-order valence-corrected chi connectivity index (χ0v) is 14.5. The van der Waals surface area contributed by atoms with Gasteiger partial charge in [0.15, 0.2) is 0 Å². The number of nitrogens with zero attached hydrogens (tertiary/aromatic N) is 1. The molecule has 3 amide bonds. The molecule has 7 heteroatoms. The number of urea groups is 1. The number of nitrogens with one attached hydrogen (secondary N) is 4. The fourth-order valence-electron chi connectivity index (χ4n) is 3.32. The number of hydrogen-bond acceptors (Lipinski definition) is 4. The highest BCUT2D eigenvalue weighted by molar-refractivity contribution is 5.77. The van der Waals surface area contributed by atoms with Crippen molar-refractivity contribution in [2.24, 2.45) is 0 Å². The molecule has 0 spiro atoms. The maximum absolute atomic E-state index is 12.4. The summed E-state index contributed by atoms with van der Waals surface area (Å²) in [5.41, 5.74) is 7.00. The van der Waals surface area contributed by atoms with Gasteiger partial charge in [0.1, 0.15) is 0 Å². The summed E-state index contributed by atoms with van der Waals surface area (Å²) in [6.45, 7) is 2.68. The highest BCUT2D eigenvalue weighted by Crippen LogP contribution is 2.18. The van der Waals surface area contributed by atoms with E-state index in [9.17, 15) is 9.59 Å². The number of likely N-dealkylation sites (tertiary alicyclic amines) is 1. The van der Waals surface area contributed by atoms with Gasteiger partial charge in [0.05, 0.1) is 12.1 Å². The lowest BCUT2D eigenvalue weighted by Gasteiger charge is -2.28. The first-order valence-corrected chi connectivity index (χ1v) is 9.08. The van der Waals surface area contributed by atoms with E-state index in [-0.39, 0.29) is 24.0 Å². The Morgan fingerprint density at radius 1 is 1.16 bits per heavy atom. The second-order valence-electron chi connectivity index (χ2n) is 6.69. The third kappa shape index (κ3) is 5.17. The summed E-state index contributed by atoms with van der Waals surface area (Å²) in [6, 6.07) is 9.49. The zero-order valence-electron chi connectivity index (χ0n) is 14.5. The fraction of sp³-hybridized carbons (Fsp3) is 0.556. The van der Waals surface area contributed by atoms with Crippen LogP contribution < -0.4 is 21.5 Å². The molecular weight excluding hydrogens is 318 g/mol. The first-order chi connectivity index (χ1) is 12.2. The van der Waals surface area contributed by atoms with E-state index >= 15 is 0 Å². The van der Waals surface area contributed by atoms with Gasteiger partial charge in [0, 0.05) is 32.6 Å². The van der Waals surface area contributed by atoms with Crippen LogP contribution in [0, 0.1) is 0 Å². The van der Waals surface area contributed by atoms with Crippen LogP contribution in [0.5, 0.6) is 0 Å². The van der Waals surface area contributed by atoms with Crippen LogP contribution in [0.4, 0.5) is 4.79 Å². The lowest BCUT2D eigenvalue weighted by atomic mass is 10.1. The quantitative estimate of drug-likeness (QED) is 0.639. The number of rotatable bonds is 5. The Hall–Kier alpha value is -2.12. The van der Waals surface area contributed by atoms with E-state index in [4.69, 9.17) is 0 Å². The summed E-state index contributed by atoms with van der Waals surface area (Å²) in [4.78, 5) is 26.6. The minimum Gasteiger partial charge on any atom is -0.340 e. The third-order valence-corrected chi connectivity index (χ3v) is 4.74. The van der Waals surface area contributed by atoms with Crippen molar-refractivity contribution in [3.8, 4) is 0 Å². The van der Waals surface area contributed by atoms with Gasteiger partial charge in [-0.15, -0.1) is 0 Å². The summed E-state index contributed by atoms with van der Waals surface area (Å²) < 4.78 is 0. The van der Waals surface area contributed by atoms with Crippen LogP contribution in [0.3, 0.4) is 0 Å². The van der Waals surface area contributed by atoms with Gasteiger partial charge < -0.3 is 15.5 Å². The topological polar surface area (TPSA) is 85.5 Å². The second-order valence-corrected chi connectivity index (χ2v) is 6.69. The molecule has 0 bridgehead atoms. The molecule has 3 rings (SSSR count). The SMILES string of the molecule is O=C(NC1CNNC1)NC(CN1CCCCCC1=O)c1ccccc1. The van der Waals surface area contributed by atoms with Crippen molar-refractivity contribution in [3.05, 3.63) is 35.9 Å². The molecule has 0 radical (unpaired) electrons. The van der Waals surface area contributed by atoms with Gasteiger partial charge in [0.2, 0.25) is 5.91 Å². The molecule has 1 aromatic rings. The summed E-state index contributed by atoms with van der Waals surface area (Å²) in [5.74, 6) is 0.185. The summed E-state index contributed by atoms with van der Waals surface area (Å²) in [7, 11) is 0. The molecule has 0 saturated carbocycles. The van der Waals surface area contributed by atoms with Gasteiger partial charge in [0.25, 0.3) is 0 Å². The normalized spacial score (nSPS) is 20.2. The minimum absolute atomic E-state index is 0.0660. The van der Waals surface area contributed by atoms with Crippen molar-refractivity contribution in [1.29, 1.82) is 0 Å². The second kappa shape index (κ2) is 8.82. The average molecular weight is 345 g/mol. The maximum atomic E-state index is 12.4. The molecule has 0 aliphatic carbocycles. The Labute approximate surface area is 148 Å². The van der Waals surface area contributed by atoms with Gasteiger partial charge in [-0.25, -0.2) is 4.79 Å². The van der Waals surface area contributed by atoms with Crippen molar-refractivity contribution < 1.29 is 9.59 Å². The number of benzene rings is 1. The van der Waals surface area contributed by atoms with Crippen LogP contribution >= 0.6 is 0 Å². The Bertz CT molecular complexity index is 574. The van der Waals surface area contributed by atoms with Crippen LogP contribution in [0.2, 0.25) is 0 Å². The van der Waals surface area contributed by atoms with Crippen LogP contribution in [0.15, 0.2) is 30.3 Å². The lowest BCUT2D eigenvalue weighted by Crippen LogP contribution is -2.48. The summed E-state index contributed by atoms with van der Waals surface area (Å²) in [5, 5.41) is 6.01. The van der Waals surface area contributed by atoms with E-state index in [1.807, 2.05) is 35.2 Å². The molecule has 2 aliphatic heterocycles. The van der Waals surface area contributed by atoms with Crippen molar-refractivity contribution in [3.63, 3.8) is 0 Å². The van der Waals surface area contributed by atoms with E-state index in [0.29, 0.717) is 26.1 Å². The van der Waals surface area contributed by atoms with Gasteiger partial charge in [-0.3, -0.25) is 15.6 Å². The van der Waals surface area contributed by atoms with E-state index in [2.05, 4.69) is 21.5 Å². The van der Waals surface area contributed by atoms with Gasteiger partial charge in [-0.2, -0.15) is 0 Å². The van der Waals surface area contributed by atoms with Crippen LogP contribution in [-0.2, 0) is 4.79 Å². The Balaban J connectivity index is 1.66. The molecule has 2 aliphatic rings. The van der Waals surface area contributed by atoms with Crippen LogP contribution in [0.25, 0.3) is 0 Å². The van der Waals surface area contributed by atoms with Crippen LogP contribution in [0.1, 0.15) is 37.3 Å². The van der Waals surface area contributed by atoms with Crippen molar-refractivity contribution >= 4 is 11.9 Å². The highest BCUT2D eigenvalue weighted by Gasteiger charge is 2.24. The predicted octanol–water partition coefficient (Wildman–Crippen LogP) is 0.906. The zero-order chi connectivity index (χ0) is 17.5. The summed E-state index contributed by atoms with van der Waals surface area (Å²) >= 11 is 0. The molecular formula is C18H27N5O2. The van der Waals surface area contributed by atoms with E-state index in [1.54, 1.807) is 0 Å². The Morgan fingerprint density at radius 3 is 2.68 bits per heavy atom. The smallest absolute Gasteiger partial charge is 0.315 e. The molecule has 1 unspecified atom stereocenters. The monoisotopic (exact) mass is 345 g/mol. The molecule has 4 N–H and O–H groups in total. The average Bonchev–Trinajstić information content (AvgIpc) is 3.04. The number of hydrogen-bond donors (Lipinski definition) is 4. The molecule has 1 atom stereocenters. The number of carbonyl (C=O) groups is 2. The molecule has 0 aromatic heterocycles. The largest absolute Gasteiger partial charge is 0.340 e. The van der Waals surface area contributed by atoms with Gasteiger partial charge >= 0.3 is 6.03 Å². The molecule has 1 aromatic carbocycles. The molecule has 7 nitrogen and oxygen atoms in total.